The fourth-order valence-electron chi connectivity index (χ4n) is 3.45. The molecular formula is C23H27FN6O2. The molecule has 1 aliphatic heterocycles. The summed E-state index contributed by atoms with van der Waals surface area (Å²) in [5.74, 6) is 0.0720. The number of nitrogens with two attached hydrogens (primary N) is 1. The fourth-order valence-corrected chi connectivity index (χ4v) is 3.45. The van der Waals surface area contributed by atoms with E-state index in [9.17, 15) is 4.39 Å². The molecule has 32 heavy (non-hydrogen) atoms. The molecule has 3 rings (SSSR count). The molecule has 9 heteroatoms. The quantitative estimate of drug-likeness (QED) is 0.367. The first-order valence-electron chi connectivity index (χ1n) is 10.2. The second-order valence-electron chi connectivity index (χ2n) is 7.15. The Kier molecular flexibility index (Phi) is 7.09. The van der Waals surface area contributed by atoms with Crippen molar-refractivity contribution in [1.82, 2.24) is 15.6 Å². The number of hydrogen-bond acceptors (Lipinski definition) is 8. The highest BCUT2D eigenvalue weighted by Gasteiger charge is 2.21. The maximum atomic E-state index is 14.2. The Balaban J connectivity index is 2.26. The van der Waals surface area contributed by atoms with Crippen LogP contribution in [-0.4, -0.2) is 37.3 Å². The topological polar surface area (TPSA) is 129 Å². The Hall–Kier alpha value is -3.88. The molecule has 0 saturated heterocycles. The van der Waals surface area contributed by atoms with E-state index in [-0.39, 0.29) is 18.3 Å². The molecule has 168 valence electrons. The molecule has 0 saturated carbocycles. The summed E-state index contributed by atoms with van der Waals surface area (Å²) in [6.07, 6.45) is 3.81. The molecule has 0 amide bonds. The van der Waals surface area contributed by atoms with Crippen LogP contribution >= 0.6 is 0 Å². The van der Waals surface area contributed by atoms with Gasteiger partial charge in [-0.1, -0.05) is 0 Å². The molecule has 2 heterocycles. The van der Waals surface area contributed by atoms with Crippen LogP contribution in [0.2, 0.25) is 0 Å². The molecule has 1 unspecified atom stereocenters. The second-order valence-corrected chi connectivity index (χ2v) is 7.15. The van der Waals surface area contributed by atoms with Crippen LogP contribution in [0.1, 0.15) is 36.6 Å². The van der Waals surface area contributed by atoms with Crippen LogP contribution < -0.4 is 21.1 Å². The van der Waals surface area contributed by atoms with Gasteiger partial charge < -0.3 is 31.3 Å². The lowest BCUT2D eigenvalue weighted by molar-refractivity contribution is 0.226. The molecular weight excluding hydrogens is 411 g/mol. The van der Waals surface area contributed by atoms with Crippen LogP contribution in [0.4, 0.5) is 10.2 Å². The van der Waals surface area contributed by atoms with Gasteiger partial charge in [0, 0.05) is 65.2 Å². The maximum absolute atomic E-state index is 14.2. The monoisotopic (exact) mass is 438 g/mol. The number of benzene rings is 1. The molecule has 0 fully saturated rings. The molecule has 1 aliphatic rings. The third-order valence-electron chi connectivity index (χ3n) is 5.03. The van der Waals surface area contributed by atoms with Gasteiger partial charge in [-0.3, -0.25) is 5.41 Å². The highest BCUT2D eigenvalue weighted by Crippen LogP contribution is 2.33. The van der Waals surface area contributed by atoms with Crippen molar-refractivity contribution in [2.75, 3.05) is 25.9 Å². The standard InChI is InChI=1S/C23H27FN6O2/c1-4-28-22-14-7-20(23(27)30-11-14)32-13(2)18-8-16(24)5-6-17(18)19(9-21(26)31-3)29-12-15(22)10-25/h5-11,13,25-26,28-29H,4,12H2,1-3H3,(H2,27,30)/b19-9-,22-15+,25-10?,26-21?. The number of anilines is 1. The third kappa shape index (κ3) is 4.88. The lowest BCUT2D eigenvalue weighted by Gasteiger charge is -2.24. The highest BCUT2D eigenvalue weighted by atomic mass is 19.1. The van der Waals surface area contributed by atoms with Crippen molar-refractivity contribution >= 4 is 29.3 Å². The van der Waals surface area contributed by atoms with E-state index < -0.39 is 11.9 Å². The van der Waals surface area contributed by atoms with Crippen molar-refractivity contribution < 1.29 is 13.9 Å². The van der Waals surface area contributed by atoms with Crippen LogP contribution in [0.25, 0.3) is 11.4 Å². The number of nitrogen functional groups attached to an aromatic ring is 1. The van der Waals surface area contributed by atoms with Gasteiger partial charge in [0.2, 0.25) is 5.90 Å². The van der Waals surface area contributed by atoms with Crippen LogP contribution in [0.5, 0.6) is 5.75 Å². The number of rotatable bonds is 4. The number of pyridine rings is 1. The van der Waals surface area contributed by atoms with E-state index in [2.05, 4.69) is 15.6 Å². The fraction of sp³-hybridized carbons (Fsp3) is 0.261. The zero-order chi connectivity index (χ0) is 23.3. The van der Waals surface area contributed by atoms with Crippen LogP contribution in [0.3, 0.4) is 0 Å². The number of nitrogens with zero attached hydrogens (tertiary/aromatic N) is 1. The lowest BCUT2D eigenvalue weighted by atomic mass is 9.98. The first kappa shape index (κ1) is 22.8. The lowest BCUT2D eigenvalue weighted by Crippen LogP contribution is -2.24. The zero-order valence-corrected chi connectivity index (χ0v) is 18.3. The molecule has 8 nitrogen and oxygen atoms in total. The largest absolute Gasteiger partial charge is 0.482 e. The van der Waals surface area contributed by atoms with E-state index in [1.807, 2.05) is 6.92 Å². The van der Waals surface area contributed by atoms with E-state index >= 15 is 0 Å². The van der Waals surface area contributed by atoms with Crippen LogP contribution in [0, 0.1) is 16.6 Å². The molecule has 0 radical (unpaired) electrons. The first-order valence-corrected chi connectivity index (χ1v) is 10.2. The average molecular weight is 439 g/mol. The van der Waals surface area contributed by atoms with Gasteiger partial charge in [-0.05, 0) is 38.1 Å². The number of hydrogen-bond donors (Lipinski definition) is 5. The number of methoxy groups -OCH3 is 1. The minimum absolute atomic E-state index is 0.0746. The third-order valence-corrected chi connectivity index (χ3v) is 5.03. The SMILES string of the molecule is CCN/C1=C(\C=N)CN/C(=C\C(=N)OC)c2ccc(F)cc2C(C)Oc2cc1cnc2N. The number of ether oxygens (including phenoxy) is 2. The molecule has 0 spiro atoms. The summed E-state index contributed by atoms with van der Waals surface area (Å²) >= 11 is 0. The number of nitrogens with one attached hydrogen (secondary N) is 4. The van der Waals surface area contributed by atoms with Gasteiger partial charge in [0.15, 0.2) is 11.6 Å². The number of halogens is 1. The van der Waals surface area contributed by atoms with Crippen LogP contribution in [-0.2, 0) is 4.74 Å². The Morgan fingerprint density at radius 1 is 1.44 bits per heavy atom. The first-order chi connectivity index (χ1) is 15.4. The summed E-state index contributed by atoms with van der Waals surface area (Å²) in [6, 6.07) is 6.12. The van der Waals surface area contributed by atoms with E-state index in [1.54, 1.807) is 25.3 Å². The number of fused-ring (bicyclic) bond motifs is 3. The van der Waals surface area contributed by atoms with Gasteiger partial charge in [-0.2, -0.15) is 0 Å². The predicted octanol–water partition coefficient (Wildman–Crippen LogP) is 3.48. The summed E-state index contributed by atoms with van der Waals surface area (Å²) in [5.41, 5.74) is 9.86. The van der Waals surface area contributed by atoms with Crippen molar-refractivity contribution in [1.29, 1.82) is 10.8 Å². The van der Waals surface area contributed by atoms with Gasteiger partial charge in [0.1, 0.15) is 11.9 Å². The molecule has 2 aromatic rings. The van der Waals surface area contributed by atoms with Gasteiger partial charge >= 0.3 is 0 Å². The van der Waals surface area contributed by atoms with E-state index in [0.717, 1.165) is 0 Å². The summed E-state index contributed by atoms with van der Waals surface area (Å²) in [6.45, 7) is 4.64. The number of aromatic nitrogens is 1. The molecule has 2 bridgehead atoms. The summed E-state index contributed by atoms with van der Waals surface area (Å²) in [5, 5.41) is 22.5. The van der Waals surface area contributed by atoms with Crippen molar-refractivity contribution in [3.8, 4) is 5.75 Å². The van der Waals surface area contributed by atoms with Gasteiger partial charge in [-0.25, -0.2) is 9.37 Å². The normalized spacial score (nSPS) is 19.5. The molecule has 1 aromatic heterocycles. The van der Waals surface area contributed by atoms with E-state index in [4.69, 9.17) is 26.0 Å². The second kappa shape index (κ2) is 9.95. The molecule has 1 aromatic carbocycles. The maximum Gasteiger partial charge on any atom is 0.207 e. The summed E-state index contributed by atoms with van der Waals surface area (Å²) in [7, 11) is 1.40. The van der Waals surface area contributed by atoms with Gasteiger partial charge in [0.25, 0.3) is 0 Å². The Morgan fingerprint density at radius 2 is 2.22 bits per heavy atom. The van der Waals surface area contributed by atoms with Gasteiger partial charge in [-0.15, -0.1) is 0 Å². The zero-order valence-electron chi connectivity index (χ0n) is 18.3. The van der Waals surface area contributed by atoms with Crippen molar-refractivity contribution in [3.63, 3.8) is 0 Å². The van der Waals surface area contributed by atoms with Crippen molar-refractivity contribution in [3.05, 3.63) is 64.6 Å². The summed E-state index contributed by atoms with van der Waals surface area (Å²) < 4.78 is 25.3. The Morgan fingerprint density at radius 3 is 2.91 bits per heavy atom. The molecule has 0 aliphatic carbocycles. The highest BCUT2D eigenvalue weighted by molar-refractivity contribution is 5.94. The Bertz CT molecular complexity index is 1100. The average Bonchev–Trinajstić information content (AvgIpc) is 2.78. The van der Waals surface area contributed by atoms with Crippen molar-refractivity contribution in [2.45, 2.75) is 20.0 Å². The van der Waals surface area contributed by atoms with Crippen LogP contribution in [0.15, 0.2) is 42.1 Å². The molecule has 1 atom stereocenters. The minimum atomic E-state index is -0.574. The predicted molar refractivity (Wildman–Crippen MR) is 124 cm³/mol. The smallest absolute Gasteiger partial charge is 0.207 e. The minimum Gasteiger partial charge on any atom is -0.482 e. The van der Waals surface area contributed by atoms with Gasteiger partial charge in [0.05, 0.1) is 7.11 Å². The molecule has 6 N–H and O–H groups in total. The van der Waals surface area contributed by atoms with E-state index in [1.165, 1.54) is 31.5 Å². The Labute approximate surface area is 186 Å². The van der Waals surface area contributed by atoms with E-state index in [0.29, 0.717) is 46.0 Å². The summed E-state index contributed by atoms with van der Waals surface area (Å²) in [4.78, 5) is 4.26. The van der Waals surface area contributed by atoms with Crippen molar-refractivity contribution in [2.24, 2.45) is 0 Å².